The average Bonchev–Trinajstić information content (AvgIpc) is 2.64. The summed E-state index contributed by atoms with van der Waals surface area (Å²) in [4.78, 5) is 10.9. The fourth-order valence-electron chi connectivity index (χ4n) is 1.35. The van der Waals surface area contributed by atoms with Crippen molar-refractivity contribution < 1.29 is 4.79 Å². The summed E-state index contributed by atoms with van der Waals surface area (Å²) in [7, 11) is 5.71. The van der Waals surface area contributed by atoms with Gasteiger partial charge in [-0.25, -0.2) is 0 Å². The van der Waals surface area contributed by atoms with Crippen LogP contribution in [-0.4, -0.2) is 24.0 Å². The van der Waals surface area contributed by atoms with Gasteiger partial charge in [0, 0.05) is 24.5 Å². The van der Waals surface area contributed by atoms with Gasteiger partial charge < -0.3 is 5.32 Å². The van der Waals surface area contributed by atoms with Crippen molar-refractivity contribution in [1.29, 1.82) is 0 Å². The second-order valence-corrected chi connectivity index (χ2v) is 6.04. The first-order chi connectivity index (χ1) is 6.33. The third-order valence-corrected chi connectivity index (χ3v) is 5.19. The highest BCUT2D eigenvalue weighted by atomic mass is 33.1. The number of carbonyl (C=O) groups excluding carboxylic acids is 1. The molecule has 0 aromatic heterocycles. The molecule has 76 valence electrons. The molecular weight excluding hydrogens is 202 g/mol. The first-order valence-corrected chi connectivity index (χ1v) is 7.20. The number of hydrogen-bond acceptors (Lipinski definition) is 3. The van der Waals surface area contributed by atoms with E-state index in [1.54, 1.807) is 7.05 Å². The SMILES string of the molecule is CNC(=O)CCCCC1CCSS1. The minimum Gasteiger partial charge on any atom is -0.359 e. The lowest BCUT2D eigenvalue weighted by Crippen LogP contribution is -2.17. The van der Waals surface area contributed by atoms with E-state index in [1.807, 2.05) is 21.6 Å². The average molecular weight is 219 g/mol. The highest BCUT2D eigenvalue weighted by Crippen LogP contribution is 2.39. The Hall–Kier alpha value is 0.170. The summed E-state index contributed by atoms with van der Waals surface area (Å²) in [5.74, 6) is 1.48. The number of amides is 1. The van der Waals surface area contributed by atoms with E-state index in [4.69, 9.17) is 0 Å². The molecule has 4 heteroatoms. The molecule has 1 unspecified atom stereocenters. The standard InChI is InChI=1S/C9H17NOS2/c1-10-9(11)5-3-2-4-8-6-7-12-13-8/h8H,2-7H2,1H3,(H,10,11). The molecular formula is C9H17NOS2. The molecule has 0 bridgehead atoms. The molecule has 1 saturated heterocycles. The molecule has 1 aliphatic rings. The molecule has 0 aromatic carbocycles. The Bertz CT molecular complexity index is 158. The van der Waals surface area contributed by atoms with Crippen LogP contribution in [0.5, 0.6) is 0 Å². The van der Waals surface area contributed by atoms with Crippen molar-refractivity contribution in [2.45, 2.75) is 37.4 Å². The van der Waals surface area contributed by atoms with E-state index >= 15 is 0 Å². The van der Waals surface area contributed by atoms with Crippen LogP contribution in [0.2, 0.25) is 0 Å². The zero-order valence-electron chi connectivity index (χ0n) is 8.04. The van der Waals surface area contributed by atoms with Crippen LogP contribution in [0.25, 0.3) is 0 Å². The first-order valence-electron chi connectivity index (χ1n) is 4.82. The van der Waals surface area contributed by atoms with Crippen LogP contribution in [0.4, 0.5) is 0 Å². The minimum atomic E-state index is 0.174. The molecule has 2 nitrogen and oxygen atoms in total. The van der Waals surface area contributed by atoms with Crippen LogP contribution in [0, 0.1) is 0 Å². The molecule has 0 spiro atoms. The first kappa shape index (κ1) is 11.2. The third-order valence-electron chi connectivity index (χ3n) is 2.19. The van der Waals surface area contributed by atoms with E-state index in [0.717, 1.165) is 11.7 Å². The van der Waals surface area contributed by atoms with Gasteiger partial charge in [-0.2, -0.15) is 0 Å². The molecule has 0 aliphatic carbocycles. The highest BCUT2D eigenvalue weighted by molar-refractivity contribution is 8.77. The maximum Gasteiger partial charge on any atom is 0.219 e. The van der Waals surface area contributed by atoms with E-state index in [1.165, 1.54) is 25.0 Å². The molecule has 13 heavy (non-hydrogen) atoms. The smallest absolute Gasteiger partial charge is 0.219 e. The van der Waals surface area contributed by atoms with Gasteiger partial charge in [-0.05, 0) is 19.3 Å². The summed E-state index contributed by atoms with van der Waals surface area (Å²) < 4.78 is 0. The van der Waals surface area contributed by atoms with Crippen LogP contribution in [0.3, 0.4) is 0 Å². The third kappa shape index (κ3) is 4.81. The normalized spacial score (nSPS) is 21.8. The fraction of sp³-hybridized carbons (Fsp3) is 0.889. The molecule has 1 amide bonds. The lowest BCUT2D eigenvalue weighted by molar-refractivity contribution is -0.120. The maximum absolute atomic E-state index is 10.9. The second-order valence-electron chi connectivity index (χ2n) is 3.25. The molecule has 0 saturated carbocycles. The van der Waals surface area contributed by atoms with E-state index in [9.17, 15) is 4.79 Å². The van der Waals surface area contributed by atoms with Crippen molar-refractivity contribution in [2.24, 2.45) is 0 Å². The minimum absolute atomic E-state index is 0.174. The summed E-state index contributed by atoms with van der Waals surface area (Å²) in [6.07, 6.45) is 5.58. The van der Waals surface area contributed by atoms with Crippen LogP contribution < -0.4 is 5.32 Å². The molecule has 0 radical (unpaired) electrons. The Kier molecular flexibility index (Phi) is 5.71. The largest absolute Gasteiger partial charge is 0.359 e. The van der Waals surface area contributed by atoms with Gasteiger partial charge in [0.2, 0.25) is 5.91 Å². The van der Waals surface area contributed by atoms with E-state index in [2.05, 4.69) is 5.32 Å². The summed E-state index contributed by atoms with van der Waals surface area (Å²) in [5.41, 5.74) is 0. The lowest BCUT2D eigenvalue weighted by Gasteiger charge is -2.05. The Labute approximate surface area is 88.0 Å². The van der Waals surface area contributed by atoms with Gasteiger partial charge in [0.1, 0.15) is 0 Å². The fourth-order valence-corrected chi connectivity index (χ4v) is 4.37. The van der Waals surface area contributed by atoms with Crippen LogP contribution in [0.1, 0.15) is 32.1 Å². The van der Waals surface area contributed by atoms with Crippen LogP contribution >= 0.6 is 21.6 Å². The number of unbranched alkanes of at least 4 members (excludes halogenated alkanes) is 1. The highest BCUT2D eigenvalue weighted by Gasteiger charge is 2.15. The van der Waals surface area contributed by atoms with Gasteiger partial charge in [-0.3, -0.25) is 4.79 Å². The molecule has 1 rings (SSSR count). The Morgan fingerprint density at radius 3 is 3.00 bits per heavy atom. The van der Waals surface area contributed by atoms with Gasteiger partial charge >= 0.3 is 0 Å². The molecule has 1 aliphatic heterocycles. The van der Waals surface area contributed by atoms with Gasteiger partial charge in [-0.1, -0.05) is 28.0 Å². The Balaban J connectivity index is 1.91. The summed E-state index contributed by atoms with van der Waals surface area (Å²) in [6.45, 7) is 0. The summed E-state index contributed by atoms with van der Waals surface area (Å²) in [6, 6.07) is 0. The molecule has 1 N–H and O–H groups in total. The van der Waals surface area contributed by atoms with Gasteiger partial charge in [0.05, 0.1) is 0 Å². The lowest BCUT2D eigenvalue weighted by atomic mass is 10.1. The van der Waals surface area contributed by atoms with E-state index in [-0.39, 0.29) is 5.91 Å². The monoisotopic (exact) mass is 219 g/mol. The Morgan fingerprint density at radius 1 is 1.54 bits per heavy atom. The molecule has 1 heterocycles. The van der Waals surface area contributed by atoms with Crippen molar-refractivity contribution >= 4 is 27.5 Å². The number of hydrogen-bond donors (Lipinski definition) is 1. The van der Waals surface area contributed by atoms with Crippen molar-refractivity contribution in [2.75, 3.05) is 12.8 Å². The van der Waals surface area contributed by atoms with E-state index < -0.39 is 0 Å². The van der Waals surface area contributed by atoms with E-state index in [0.29, 0.717) is 6.42 Å². The van der Waals surface area contributed by atoms with Crippen molar-refractivity contribution in [3.05, 3.63) is 0 Å². The zero-order valence-corrected chi connectivity index (χ0v) is 9.68. The Morgan fingerprint density at radius 2 is 2.38 bits per heavy atom. The van der Waals surface area contributed by atoms with Gasteiger partial charge in [0.15, 0.2) is 0 Å². The molecule has 1 fully saturated rings. The second kappa shape index (κ2) is 6.60. The van der Waals surface area contributed by atoms with Crippen molar-refractivity contribution in [1.82, 2.24) is 5.32 Å². The quantitative estimate of drug-likeness (QED) is 0.569. The molecule has 1 atom stereocenters. The predicted octanol–water partition coefficient (Wildman–Crippen LogP) is 2.45. The van der Waals surface area contributed by atoms with Crippen molar-refractivity contribution in [3.63, 3.8) is 0 Å². The van der Waals surface area contributed by atoms with Gasteiger partial charge in [0.25, 0.3) is 0 Å². The number of carbonyl (C=O) groups is 1. The predicted molar refractivity (Wildman–Crippen MR) is 61.0 cm³/mol. The zero-order chi connectivity index (χ0) is 9.52. The van der Waals surface area contributed by atoms with Crippen LogP contribution in [0.15, 0.2) is 0 Å². The summed E-state index contributed by atoms with van der Waals surface area (Å²) >= 11 is 0. The number of nitrogens with one attached hydrogen (secondary N) is 1. The maximum atomic E-state index is 10.9. The number of rotatable bonds is 5. The van der Waals surface area contributed by atoms with Crippen molar-refractivity contribution in [3.8, 4) is 0 Å². The van der Waals surface area contributed by atoms with Gasteiger partial charge in [-0.15, -0.1) is 0 Å². The summed E-state index contributed by atoms with van der Waals surface area (Å²) in [5, 5.41) is 3.50. The molecule has 0 aromatic rings. The topological polar surface area (TPSA) is 29.1 Å². The van der Waals surface area contributed by atoms with Crippen LogP contribution in [-0.2, 0) is 4.79 Å².